The topological polar surface area (TPSA) is 20.2 Å². The average Bonchev–Trinajstić information content (AvgIpc) is 1.67. The van der Waals surface area contributed by atoms with Gasteiger partial charge in [-0.3, -0.25) is 0 Å². The lowest BCUT2D eigenvalue weighted by Gasteiger charge is -2.15. The molecule has 0 fully saturated rings. The zero-order chi connectivity index (χ0) is 6.62. The van der Waals surface area contributed by atoms with Gasteiger partial charge in [-0.15, -0.1) is 11.6 Å². The molecule has 0 aliphatic carbocycles. The van der Waals surface area contributed by atoms with Crippen LogP contribution in [0.4, 0.5) is 0 Å². The number of hydrogen-bond donors (Lipinski definition) is 1. The minimum Gasteiger partial charge on any atom is -0.397 e. The molecular formula is C5H13ClOSi. The first-order valence-corrected chi connectivity index (χ1v) is 6.74. The van der Waals surface area contributed by atoms with E-state index in [0.717, 1.165) is 11.5 Å². The van der Waals surface area contributed by atoms with Gasteiger partial charge in [-0.2, -0.15) is 0 Å². The summed E-state index contributed by atoms with van der Waals surface area (Å²) in [6, 6.07) is 0.927. The second kappa shape index (κ2) is 3.48. The molecule has 0 aromatic rings. The van der Waals surface area contributed by atoms with Gasteiger partial charge in [0.2, 0.25) is 0 Å². The SMILES string of the molecule is C[Si](C)(CCl)CCO. The van der Waals surface area contributed by atoms with Crippen LogP contribution in [0.25, 0.3) is 0 Å². The van der Waals surface area contributed by atoms with Crippen molar-refractivity contribution in [3.05, 3.63) is 0 Å². The van der Waals surface area contributed by atoms with Crippen molar-refractivity contribution in [1.82, 2.24) is 0 Å². The normalized spacial score (nSPS) is 12.0. The predicted molar refractivity (Wildman–Crippen MR) is 40.1 cm³/mol. The van der Waals surface area contributed by atoms with Gasteiger partial charge in [-0.1, -0.05) is 13.1 Å². The van der Waals surface area contributed by atoms with Gasteiger partial charge in [0.15, 0.2) is 0 Å². The summed E-state index contributed by atoms with van der Waals surface area (Å²) in [5, 5.41) is 8.51. The Labute approximate surface area is 56.7 Å². The van der Waals surface area contributed by atoms with Gasteiger partial charge in [0, 0.05) is 12.1 Å². The third kappa shape index (κ3) is 3.47. The Morgan fingerprint density at radius 1 is 1.50 bits per heavy atom. The number of aliphatic hydroxyl groups is 1. The first-order chi connectivity index (χ1) is 3.62. The lowest BCUT2D eigenvalue weighted by atomic mass is 10.9. The summed E-state index contributed by atoms with van der Waals surface area (Å²) in [5.74, 6) is 0. The molecule has 0 atom stereocenters. The number of hydrogen-bond acceptors (Lipinski definition) is 1. The molecule has 0 saturated heterocycles. The monoisotopic (exact) mass is 152 g/mol. The first-order valence-electron chi connectivity index (χ1n) is 2.79. The van der Waals surface area contributed by atoms with Crippen molar-refractivity contribution >= 4 is 19.7 Å². The number of halogens is 1. The molecule has 0 amide bonds. The molecule has 0 unspecified atom stereocenters. The number of rotatable bonds is 3. The highest BCUT2D eigenvalue weighted by Crippen LogP contribution is 2.09. The van der Waals surface area contributed by atoms with Crippen LogP contribution in [0.3, 0.4) is 0 Å². The van der Waals surface area contributed by atoms with Gasteiger partial charge in [0.1, 0.15) is 0 Å². The van der Waals surface area contributed by atoms with Gasteiger partial charge >= 0.3 is 0 Å². The Kier molecular flexibility index (Phi) is 3.69. The van der Waals surface area contributed by atoms with Gasteiger partial charge in [0.25, 0.3) is 0 Å². The Bertz CT molecular complexity index is 65.4. The summed E-state index contributed by atoms with van der Waals surface area (Å²) < 4.78 is 0. The van der Waals surface area contributed by atoms with E-state index in [1.54, 1.807) is 0 Å². The van der Waals surface area contributed by atoms with E-state index in [9.17, 15) is 0 Å². The molecule has 0 heterocycles. The lowest BCUT2D eigenvalue weighted by molar-refractivity contribution is 0.316. The summed E-state index contributed by atoms with van der Waals surface area (Å²) in [4.78, 5) is 0. The summed E-state index contributed by atoms with van der Waals surface area (Å²) >= 11 is 5.62. The fraction of sp³-hybridized carbons (Fsp3) is 1.00. The molecule has 3 heteroatoms. The second-order valence-corrected chi connectivity index (χ2v) is 8.67. The van der Waals surface area contributed by atoms with Gasteiger partial charge in [-0.05, 0) is 6.04 Å². The van der Waals surface area contributed by atoms with Crippen molar-refractivity contribution in [1.29, 1.82) is 0 Å². The van der Waals surface area contributed by atoms with Crippen LogP contribution in [0.15, 0.2) is 0 Å². The molecule has 0 saturated carbocycles. The van der Waals surface area contributed by atoms with Crippen LogP contribution in [0.1, 0.15) is 0 Å². The fourth-order valence-electron chi connectivity index (χ4n) is 0.369. The molecule has 0 aromatic heterocycles. The van der Waals surface area contributed by atoms with Crippen LogP contribution in [0.5, 0.6) is 0 Å². The molecule has 0 aliphatic heterocycles. The summed E-state index contributed by atoms with van der Waals surface area (Å²) in [7, 11) is -1.16. The Morgan fingerprint density at radius 3 is 2.12 bits per heavy atom. The van der Waals surface area contributed by atoms with Crippen molar-refractivity contribution in [2.24, 2.45) is 0 Å². The highest BCUT2D eigenvalue weighted by Gasteiger charge is 2.17. The van der Waals surface area contributed by atoms with Crippen LogP contribution in [0.2, 0.25) is 19.1 Å². The molecule has 8 heavy (non-hydrogen) atoms. The van der Waals surface area contributed by atoms with E-state index < -0.39 is 8.07 Å². The molecular weight excluding hydrogens is 140 g/mol. The Morgan fingerprint density at radius 2 is 2.00 bits per heavy atom. The highest BCUT2D eigenvalue weighted by atomic mass is 35.5. The maximum absolute atomic E-state index is 8.51. The molecule has 0 spiro atoms. The van der Waals surface area contributed by atoms with E-state index in [1.807, 2.05) is 0 Å². The van der Waals surface area contributed by atoms with E-state index in [2.05, 4.69) is 13.1 Å². The largest absolute Gasteiger partial charge is 0.397 e. The maximum atomic E-state index is 8.51. The van der Waals surface area contributed by atoms with Gasteiger partial charge in [0.05, 0.1) is 8.07 Å². The van der Waals surface area contributed by atoms with Crippen molar-refractivity contribution in [3.63, 3.8) is 0 Å². The lowest BCUT2D eigenvalue weighted by Crippen LogP contribution is -2.29. The van der Waals surface area contributed by atoms with Crippen LogP contribution in [0, 0.1) is 0 Å². The second-order valence-electron chi connectivity index (χ2n) is 2.77. The van der Waals surface area contributed by atoms with Gasteiger partial charge in [-0.25, -0.2) is 0 Å². The zero-order valence-electron chi connectivity index (χ0n) is 5.45. The molecule has 0 rings (SSSR count). The minimum atomic E-state index is -1.16. The van der Waals surface area contributed by atoms with E-state index in [1.165, 1.54) is 0 Å². The quantitative estimate of drug-likeness (QED) is 0.480. The van der Waals surface area contributed by atoms with Crippen LogP contribution in [-0.4, -0.2) is 25.3 Å². The van der Waals surface area contributed by atoms with E-state index >= 15 is 0 Å². The van der Waals surface area contributed by atoms with E-state index in [0.29, 0.717) is 6.61 Å². The molecule has 1 N–H and O–H groups in total. The number of aliphatic hydroxyl groups excluding tert-OH is 1. The molecule has 0 aliphatic rings. The third-order valence-corrected chi connectivity index (χ3v) is 5.62. The molecule has 0 bridgehead atoms. The summed E-state index contributed by atoms with van der Waals surface area (Å²) in [5.41, 5.74) is 0.758. The highest BCUT2D eigenvalue weighted by molar-refractivity contribution is 6.83. The van der Waals surface area contributed by atoms with Crippen molar-refractivity contribution < 1.29 is 5.11 Å². The number of alkyl halides is 1. The smallest absolute Gasteiger partial charge is 0.0662 e. The maximum Gasteiger partial charge on any atom is 0.0662 e. The Balaban J connectivity index is 3.37. The van der Waals surface area contributed by atoms with Crippen LogP contribution < -0.4 is 0 Å². The first kappa shape index (κ1) is 8.47. The van der Waals surface area contributed by atoms with E-state index in [4.69, 9.17) is 16.7 Å². The van der Waals surface area contributed by atoms with Crippen molar-refractivity contribution in [2.75, 3.05) is 12.1 Å². The predicted octanol–water partition coefficient (Wildman–Crippen LogP) is 1.47. The van der Waals surface area contributed by atoms with E-state index in [-0.39, 0.29) is 0 Å². The van der Waals surface area contributed by atoms with Crippen LogP contribution in [-0.2, 0) is 0 Å². The molecule has 1 nitrogen and oxygen atoms in total. The van der Waals surface area contributed by atoms with Crippen LogP contribution >= 0.6 is 11.6 Å². The van der Waals surface area contributed by atoms with Crippen molar-refractivity contribution in [3.8, 4) is 0 Å². The molecule has 0 radical (unpaired) electrons. The minimum absolute atomic E-state index is 0.298. The van der Waals surface area contributed by atoms with Gasteiger partial charge < -0.3 is 5.11 Å². The standard InChI is InChI=1S/C5H13ClOSi/c1-8(2,5-6)4-3-7/h7H,3-5H2,1-2H3. The third-order valence-electron chi connectivity index (χ3n) is 1.15. The molecule has 50 valence electrons. The fourth-order valence-corrected chi connectivity index (χ4v) is 1.51. The molecule has 0 aromatic carbocycles. The average molecular weight is 153 g/mol. The zero-order valence-corrected chi connectivity index (χ0v) is 7.20. The summed E-state index contributed by atoms with van der Waals surface area (Å²) in [6.45, 7) is 4.65. The van der Waals surface area contributed by atoms with Crippen molar-refractivity contribution in [2.45, 2.75) is 19.1 Å². The Hall–Kier alpha value is 0.467. The summed E-state index contributed by atoms with van der Waals surface area (Å²) in [6.07, 6.45) is 0.